The molecule has 1 fully saturated rings. The van der Waals surface area contributed by atoms with Crippen molar-refractivity contribution in [3.05, 3.63) is 70.8 Å². The van der Waals surface area contributed by atoms with Gasteiger partial charge in [0, 0.05) is 19.5 Å². The molecule has 1 heterocycles. The van der Waals surface area contributed by atoms with Crippen LogP contribution in [0.15, 0.2) is 48.5 Å². The second kappa shape index (κ2) is 8.24. The van der Waals surface area contributed by atoms with E-state index < -0.39 is 5.97 Å². The lowest BCUT2D eigenvalue weighted by Gasteiger charge is -2.23. The summed E-state index contributed by atoms with van der Waals surface area (Å²) in [7, 11) is 0. The van der Waals surface area contributed by atoms with Gasteiger partial charge in [0.15, 0.2) is 0 Å². The zero-order valence-corrected chi connectivity index (χ0v) is 15.6. The number of fused-ring (bicyclic) bond motifs is 2. The van der Waals surface area contributed by atoms with E-state index in [2.05, 4.69) is 53.4 Å². The molecular formula is C23H27NO3. The average Bonchev–Trinajstić information content (AvgIpc) is 3.04. The summed E-state index contributed by atoms with van der Waals surface area (Å²) in [6, 6.07) is 17.2. The van der Waals surface area contributed by atoms with Crippen LogP contribution < -0.4 is 0 Å². The van der Waals surface area contributed by atoms with E-state index in [0.717, 1.165) is 38.9 Å². The van der Waals surface area contributed by atoms with Gasteiger partial charge in [0.1, 0.15) is 6.10 Å². The molecule has 2 aromatic carbocycles. The fraction of sp³-hybridized carbons (Fsp3) is 0.435. The van der Waals surface area contributed by atoms with Crippen LogP contribution >= 0.6 is 0 Å². The van der Waals surface area contributed by atoms with Gasteiger partial charge in [0.2, 0.25) is 0 Å². The molecule has 4 nitrogen and oxygen atoms in total. The summed E-state index contributed by atoms with van der Waals surface area (Å²) in [5.41, 5.74) is 5.32. The van der Waals surface area contributed by atoms with Crippen molar-refractivity contribution in [1.82, 2.24) is 4.90 Å². The third-order valence-electron chi connectivity index (χ3n) is 5.86. The number of hydrogen-bond acceptors (Lipinski definition) is 3. The molecule has 0 spiro atoms. The molecule has 1 atom stereocenters. The monoisotopic (exact) mass is 365 g/mol. The summed E-state index contributed by atoms with van der Waals surface area (Å²) in [4.78, 5) is 13.2. The van der Waals surface area contributed by atoms with Gasteiger partial charge in [-0.05, 0) is 54.0 Å². The number of carboxylic acid groups (broad SMARTS) is 1. The van der Waals surface area contributed by atoms with Gasteiger partial charge in [-0.25, -0.2) is 0 Å². The summed E-state index contributed by atoms with van der Waals surface area (Å²) >= 11 is 0. The molecule has 0 radical (unpaired) electrons. The molecule has 2 aliphatic rings. The van der Waals surface area contributed by atoms with E-state index >= 15 is 0 Å². The van der Waals surface area contributed by atoms with E-state index in [1.54, 1.807) is 0 Å². The number of aryl methyl sites for hydroxylation is 2. The molecule has 4 heteroatoms. The molecule has 4 rings (SSSR count). The van der Waals surface area contributed by atoms with Crippen LogP contribution in [0.3, 0.4) is 0 Å². The highest BCUT2D eigenvalue weighted by atomic mass is 16.5. The van der Waals surface area contributed by atoms with Gasteiger partial charge in [-0.2, -0.15) is 0 Å². The molecule has 1 N–H and O–H groups in total. The number of hydrogen-bond donors (Lipinski definition) is 1. The van der Waals surface area contributed by atoms with Crippen molar-refractivity contribution in [2.45, 2.75) is 31.8 Å². The highest BCUT2D eigenvalue weighted by Crippen LogP contribution is 2.35. The van der Waals surface area contributed by atoms with Crippen molar-refractivity contribution in [3.63, 3.8) is 0 Å². The Labute approximate surface area is 160 Å². The van der Waals surface area contributed by atoms with E-state index in [4.69, 9.17) is 9.84 Å². The molecule has 0 aromatic heterocycles. The van der Waals surface area contributed by atoms with E-state index in [-0.39, 0.29) is 18.4 Å². The number of likely N-dealkylation sites (tertiary alicyclic amines) is 1. The third kappa shape index (κ3) is 4.23. The molecule has 1 aliphatic carbocycles. The van der Waals surface area contributed by atoms with E-state index in [1.807, 2.05) is 0 Å². The van der Waals surface area contributed by atoms with Gasteiger partial charge in [-0.1, -0.05) is 48.5 Å². The normalized spacial score (nSPS) is 20.1. The standard InChI is InChI=1S/C23H27NO3/c25-22(26)15-17-11-12-24(16-17)13-14-27-23-20-7-3-1-5-18(20)9-10-19-6-2-4-8-21(19)23/h1-8,17,23H,9-16H2,(H,25,26). The highest BCUT2D eigenvalue weighted by Gasteiger charge is 2.26. The van der Waals surface area contributed by atoms with Gasteiger partial charge in [0.05, 0.1) is 6.61 Å². The Morgan fingerprint density at radius 3 is 2.30 bits per heavy atom. The molecule has 142 valence electrons. The SMILES string of the molecule is O=C(O)CC1CCN(CCOC2c3ccccc3CCc3ccccc32)C1. The summed E-state index contributed by atoms with van der Waals surface area (Å²) in [5.74, 6) is -0.411. The molecule has 2 aromatic rings. The van der Waals surface area contributed by atoms with Crippen LogP contribution in [0.5, 0.6) is 0 Å². The lowest BCUT2D eigenvalue weighted by molar-refractivity contribution is -0.138. The number of carbonyl (C=O) groups is 1. The van der Waals surface area contributed by atoms with Crippen molar-refractivity contribution < 1.29 is 14.6 Å². The number of aliphatic carboxylic acids is 1. The third-order valence-corrected chi connectivity index (χ3v) is 5.86. The van der Waals surface area contributed by atoms with Crippen LogP contribution in [0.2, 0.25) is 0 Å². The van der Waals surface area contributed by atoms with Crippen molar-refractivity contribution in [2.24, 2.45) is 5.92 Å². The molecule has 0 bridgehead atoms. The van der Waals surface area contributed by atoms with Crippen LogP contribution in [0, 0.1) is 5.92 Å². The number of nitrogens with zero attached hydrogens (tertiary/aromatic N) is 1. The van der Waals surface area contributed by atoms with E-state index in [1.165, 1.54) is 22.3 Å². The smallest absolute Gasteiger partial charge is 0.303 e. The van der Waals surface area contributed by atoms with E-state index in [0.29, 0.717) is 6.61 Å². The highest BCUT2D eigenvalue weighted by molar-refractivity contribution is 5.67. The fourth-order valence-corrected chi connectivity index (χ4v) is 4.48. The Balaban J connectivity index is 1.43. The fourth-order valence-electron chi connectivity index (χ4n) is 4.48. The zero-order chi connectivity index (χ0) is 18.6. The Bertz CT molecular complexity index is 756. The average molecular weight is 365 g/mol. The van der Waals surface area contributed by atoms with Gasteiger partial charge < -0.3 is 14.7 Å². The summed E-state index contributed by atoms with van der Waals surface area (Å²) in [5, 5.41) is 8.98. The Morgan fingerprint density at radius 1 is 1.04 bits per heavy atom. The Morgan fingerprint density at radius 2 is 1.67 bits per heavy atom. The molecule has 0 saturated carbocycles. The number of carboxylic acids is 1. The van der Waals surface area contributed by atoms with Crippen LogP contribution in [0.1, 0.15) is 41.2 Å². The summed E-state index contributed by atoms with van der Waals surface area (Å²) in [6.45, 7) is 3.36. The van der Waals surface area contributed by atoms with Gasteiger partial charge in [-0.3, -0.25) is 4.79 Å². The number of ether oxygens (including phenoxy) is 1. The molecule has 27 heavy (non-hydrogen) atoms. The second-order valence-corrected chi connectivity index (χ2v) is 7.70. The Kier molecular flexibility index (Phi) is 5.55. The minimum absolute atomic E-state index is 0.0164. The lowest BCUT2D eigenvalue weighted by Crippen LogP contribution is -2.26. The topological polar surface area (TPSA) is 49.8 Å². The predicted molar refractivity (Wildman–Crippen MR) is 105 cm³/mol. The number of benzene rings is 2. The lowest BCUT2D eigenvalue weighted by atomic mass is 9.97. The first-order chi connectivity index (χ1) is 13.2. The maximum absolute atomic E-state index is 10.9. The van der Waals surface area contributed by atoms with Crippen molar-refractivity contribution in [1.29, 1.82) is 0 Å². The maximum atomic E-state index is 10.9. The largest absolute Gasteiger partial charge is 0.481 e. The molecule has 0 amide bonds. The van der Waals surface area contributed by atoms with Crippen LogP contribution in [0.25, 0.3) is 0 Å². The quantitative estimate of drug-likeness (QED) is 0.848. The molecule has 1 unspecified atom stereocenters. The summed E-state index contributed by atoms with van der Waals surface area (Å²) in [6.07, 6.45) is 3.34. The van der Waals surface area contributed by atoms with Crippen LogP contribution in [0.4, 0.5) is 0 Å². The van der Waals surface area contributed by atoms with Gasteiger partial charge in [-0.15, -0.1) is 0 Å². The van der Waals surface area contributed by atoms with Gasteiger partial charge >= 0.3 is 5.97 Å². The van der Waals surface area contributed by atoms with Crippen molar-refractivity contribution in [3.8, 4) is 0 Å². The zero-order valence-electron chi connectivity index (χ0n) is 15.6. The van der Waals surface area contributed by atoms with Crippen LogP contribution in [-0.4, -0.2) is 42.2 Å². The first kappa shape index (κ1) is 18.2. The first-order valence-corrected chi connectivity index (χ1v) is 9.92. The summed E-state index contributed by atoms with van der Waals surface area (Å²) < 4.78 is 6.44. The molecule has 1 aliphatic heterocycles. The van der Waals surface area contributed by atoms with E-state index in [9.17, 15) is 4.79 Å². The molecule has 1 saturated heterocycles. The molecular weight excluding hydrogens is 338 g/mol. The first-order valence-electron chi connectivity index (χ1n) is 9.92. The minimum atomic E-state index is -0.690. The van der Waals surface area contributed by atoms with Crippen LogP contribution in [-0.2, 0) is 22.4 Å². The number of rotatable bonds is 6. The van der Waals surface area contributed by atoms with Crippen molar-refractivity contribution >= 4 is 5.97 Å². The van der Waals surface area contributed by atoms with Gasteiger partial charge in [0.25, 0.3) is 0 Å². The predicted octanol–water partition coefficient (Wildman–Crippen LogP) is 3.69. The van der Waals surface area contributed by atoms with Crippen molar-refractivity contribution in [2.75, 3.05) is 26.2 Å². The second-order valence-electron chi connectivity index (χ2n) is 7.70. The minimum Gasteiger partial charge on any atom is -0.481 e. The Hall–Kier alpha value is -2.17. The maximum Gasteiger partial charge on any atom is 0.303 e.